The standard InChI is InChI=1S/C13H24O12S/c14-3-6-5(1-7(16)10(6)19)2-8(17)13(25-26(22,23)24)12(21)11(20)9(18)4-15/h6-21H,1-4H2/p+1/t6-,7+,8+,9+,10+,11+,12+,13+/m0/s1. The predicted octanol–water partition coefficient (Wildman–Crippen LogP) is -4.69. The van der Waals surface area contributed by atoms with Gasteiger partial charge in [-0.3, -0.25) is 4.55 Å². The highest BCUT2D eigenvalue weighted by Gasteiger charge is 2.52. The van der Waals surface area contributed by atoms with Crippen molar-refractivity contribution in [3.63, 3.8) is 0 Å². The molecule has 26 heavy (non-hydrogen) atoms. The number of rotatable bonds is 10. The Morgan fingerprint density at radius 2 is 1.62 bits per heavy atom. The van der Waals surface area contributed by atoms with Gasteiger partial charge in [-0.15, -0.1) is 0 Å². The number of aliphatic hydroxyl groups is 8. The van der Waals surface area contributed by atoms with E-state index in [-0.39, 0.29) is 12.3 Å². The van der Waals surface area contributed by atoms with Gasteiger partial charge in [0.15, 0.2) is 5.92 Å². The summed E-state index contributed by atoms with van der Waals surface area (Å²) in [6.45, 7) is -1.56. The van der Waals surface area contributed by atoms with E-state index in [0.29, 0.717) is 0 Å². The summed E-state index contributed by atoms with van der Waals surface area (Å²) < 4.78 is 34.9. The van der Waals surface area contributed by atoms with Gasteiger partial charge in [0.2, 0.25) is 0 Å². The van der Waals surface area contributed by atoms with Gasteiger partial charge in [-0.25, -0.2) is 4.18 Å². The van der Waals surface area contributed by atoms with E-state index >= 15 is 0 Å². The van der Waals surface area contributed by atoms with Crippen molar-refractivity contribution < 1.29 is 58.0 Å². The van der Waals surface area contributed by atoms with Crippen LogP contribution in [0.25, 0.3) is 0 Å². The SMILES string of the molecule is O=S(=O)(O)O[C@@H]([C@H](O)[C@H](O)[C@H](O)CO)[C@H](O)C[C+]1C[C@@H](O)[C@H](O)[C@H]1CO. The second-order valence-corrected chi connectivity index (χ2v) is 7.25. The maximum absolute atomic E-state index is 11.0. The van der Waals surface area contributed by atoms with Crippen molar-refractivity contribution in [2.24, 2.45) is 5.92 Å². The van der Waals surface area contributed by atoms with Crippen LogP contribution < -0.4 is 0 Å². The van der Waals surface area contributed by atoms with Crippen LogP contribution in [0.2, 0.25) is 0 Å². The summed E-state index contributed by atoms with van der Waals surface area (Å²) in [5.74, 6) is -0.676. The van der Waals surface area contributed by atoms with Crippen molar-refractivity contribution in [3.05, 3.63) is 5.92 Å². The van der Waals surface area contributed by atoms with E-state index in [4.69, 9.17) is 9.66 Å². The fourth-order valence-electron chi connectivity index (χ4n) is 2.93. The lowest BCUT2D eigenvalue weighted by Crippen LogP contribution is -2.52. The van der Waals surface area contributed by atoms with Crippen molar-refractivity contribution in [2.45, 2.75) is 55.6 Å². The van der Waals surface area contributed by atoms with Gasteiger partial charge in [-0.05, 0) is 0 Å². The van der Waals surface area contributed by atoms with Crippen molar-refractivity contribution in [2.75, 3.05) is 13.2 Å². The van der Waals surface area contributed by atoms with Crippen molar-refractivity contribution >= 4 is 10.4 Å². The highest BCUT2D eigenvalue weighted by atomic mass is 32.3. The van der Waals surface area contributed by atoms with Gasteiger partial charge in [-0.2, -0.15) is 8.42 Å². The van der Waals surface area contributed by atoms with Gasteiger partial charge in [-0.1, -0.05) is 0 Å². The molecule has 0 radical (unpaired) electrons. The molecule has 8 atom stereocenters. The second kappa shape index (κ2) is 9.57. The Bertz CT molecular complexity index is 527. The summed E-state index contributed by atoms with van der Waals surface area (Å²) in [6.07, 6.45) is -13.4. The molecule has 1 saturated carbocycles. The minimum atomic E-state index is -5.19. The Hall–Kier alpha value is -0.580. The molecule has 0 aromatic heterocycles. The molecule has 1 fully saturated rings. The predicted molar refractivity (Wildman–Crippen MR) is 82.6 cm³/mol. The van der Waals surface area contributed by atoms with Crippen molar-refractivity contribution in [1.29, 1.82) is 0 Å². The second-order valence-electron chi connectivity index (χ2n) is 6.20. The van der Waals surface area contributed by atoms with Gasteiger partial charge in [0.25, 0.3) is 0 Å². The van der Waals surface area contributed by atoms with Gasteiger partial charge >= 0.3 is 10.4 Å². The van der Waals surface area contributed by atoms with Gasteiger partial charge in [0.1, 0.15) is 61.5 Å². The summed E-state index contributed by atoms with van der Waals surface area (Å²) in [7, 11) is -5.19. The van der Waals surface area contributed by atoms with Crippen LogP contribution in [-0.4, -0.2) is 110 Å². The van der Waals surface area contributed by atoms with E-state index in [1.54, 1.807) is 0 Å². The first kappa shape index (κ1) is 23.5. The molecule has 154 valence electrons. The summed E-state index contributed by atoms with van der Waals surface area (Å²) in [6, 6.07) is 0. The third kappa shape index (κ3) is 5.97. The minimum Gasteiger partial charge on any atom is -0.394 e. The number of hydrogen-bond donors (Lipinski definition) is 9. The van der Waals surface area contributed by atoms with Crippen LogP contribution in [0.4, 0.5) is 0 Å². The molecular weight excluding hydrogens is 380 g/mol. The fraction of sp³-hybridized carbons (Fsp3) is 0.923. The molecule has 0 aliphatic heterocycles. The average molecular weight is 405 g/mol. The third-order valence-electron chi connectivity index (χ3n) is 4.35. The van der Waals surface area contributed by atoms with Crippen LogP contribution in [0.5, 0.6) is 0 Å². The molecule has 0 spiro atoms. The van der Waals surface area contributed by atoms with E-state index in [1.165, 1.54) is 0 Å². The molecule has 12 nitrogen and oxygen atoms in total. The molecular formula is C13H25O12S+. The third-order valence-corrected chi connectivity index (χ3v) is 4.82. The van der Waals surface area contributed by atoms with Crippen LogP contribution >= 0.6 is 0 Å². The lowest BCUT2D eigenvalue weighted by molar-refractivity contribution is -0.133. The molecule has 1 rings (SSSR count). The Labute approximate surface area is 149 Å². The minimum absolute atomic E-state index is 0.125. The van der Waals surface area contributed by atoms with Crippen molar-refractivity contribution in [1.82, 2.24) is 0 Å². The first-order chi connectivity index (χ1) is 11.9. The lowest BCUT2D eigenvalue weighted by Gasteiger charge is -2.30. The topological polar surface area (TPSA) is 225 Å². The van der Waals surface area contributed by atoms with Crippen LogP contribution in [0.15, 0.2) is 0 Å². The van der Waals surface area contributed by atoms with Gasteiger partial charge < -0.3 is 40.9 Å². The number of aliphatic hydroxyl groups excluding tert-OH is 8. The fourth-order valence-corrected chi connectivity index (χ4v) is 3.45. The zero-order valence-corrected chi connectivity index (χ0v) is 14.4. The molecule has 0 amide bonds. The van der Waals surface area contributed by atoms with Crippen LogP contribution in [0, 0.1) is 11.8 Å². The quantitative estimate of drug-likeness (QED) is 0.123. The summed E-state index contributed by atoms with van der Waals surface area (Å²) in [4.78, 5) is 0. The molecule has 0 unspecified atom stereocenters. The molecule has 0 saturated heterocycles. The Kier molecular flexibility index (Phi) is 8.63. The average Bonchev–Trinajstić information content (AvgIpc) is 2.82. The highest BCUT2D eigenvalue weighted by Crippen LogP contribution is 2.38. The molecule has 0 aromatic carbocycles. The summed E-state index contributed by atoms with van der Waals surface area (Å²) in [5, 5.41) is 76.6. The van der Waals surface area contributed by atoms with Crippen LogP contribution in [0.3, 0.4) is 0 Å². The molecule has 0 aromatic rings. The Morgan fingerprint density at radius 3 is 2.08 bits per heavy atom. The van der Waals surface area contributed by atoms with E-state index in [9.17, 15) is 44.2 Å². The normalized spacial score (nSPS) is 30.0. The Morgan fingerprint density at radius 1 is 1.04 bits per heavy atom. The molecule has 1 aliphatic rings. The molecule has 1 aliphatic carbocycles. The maximum Gasteiger partial charge on any atom is 0.397 e. The zero-order valence-electron chi connectivity index (χ0n) is 13.6. The summed E-state index contributed by atoms with van der Waals surface area (Å²) >= 11 is 0. The van der Waals surface area contributed by atoms with E-state index in [0.717, 1.165) is 0 Å². The van der Waals surface area contributed by atoms with E-state index in [1.807, 2.05) is 0 Å². The van der Waals surface area contributed by atoms with Gasteiger partial charge in [0.05, 0.1) is 13.2 Å². The van der Waals surface area contributed by atoms with Crippen molar-refractivity contribution in [3.8, 4) is 0 Å². The van der Waals surface area contributed by atoms with Crippen LogP contribution in [-0.2, 0) is 14.6 Å². The van der Waals surface area contributed by atoms with Crippen LogP contribution in [0.1, 0.15) is 12.8 Å². The molecule has 0 bridgehead atoms. The zero-order chi connectivity index (χ0) is 20.2. The largest absolute Gasteiger partial charge is 0.397 e. The maximum atomic E-state index is 11.0. The monoisotopic (exact) mass is 405 g/mol. The van der Waals surface area contributed by atoms with E-state index < -0.39 is 78.7 Å². The molecule has 0 heterocycles. The lowest BCUT2D eigenvalue weighted by atomic mass is 9.87. The molecule has 9 N–H and O–H groups in total. The number of hydrogen-bond acceptors (Lipinski definition) is 11. The summed E-state index contributed by atoms with van der Waals surface area (Å²) in [5.41, 5.74) is 0. The smallest absolute Gasteiger partial charge is 0.394 e. The Balaban J connectivity index is 2.95. The van der Waals surface area contributed by atoms with Gasteiger partial charge in [0, 0.05) is 0 Å². The highest BCUT2D eigenvalue weighted by molar-refractivity contribution is 7.80. The molecule has 13 heteroatoms. The first-order valence-electron chi connectivity index (χ1n) is 7.73. The first-order valence-corrected chi connectivity index (χ1v) is 9.09. The van der Waals surface area contributed by atoms with E-state index in [2.05, 4.69) is 4.18 Å².